The van der Waals surface area contributed by atoms with E-state index in [1.54, 1.807) is 0 Å². The fourth-order valence-corrected chi connectivity index (χ4v) is 2.96. The van der Waals surface area contributed by atoms with Gasteiger partial charge >= 0.3 is 5.97 Å². The molecule has 2 heteroatoms. The van der Waals surface area contributed by atoms with E-state index in [1.807, 2.05) is 0 Å². The molecule has 1 aliphatic rings. The summed E-state index contributed by atoms with van der Waals surface area (Å²) in [6, 6.07) is 8.71. The molecule has 2 nitrogen and oxygen atoms in total. The molecule has 1 atom stereocenters. The second kappa shape index (κ2) is 5.82. The van der Waals surface area contributed by atoms with Gasteiger partial charge in [-0.05, 0) is 35.8 Å². The van der Waals surface area contributed by atoms with E-state index >= 15 is 0 Å². The highest BCUT2D eigenvalue weighted by atomic mass is 16.4. The summed E-state index contributed by atoms with van der Waals surface area (Å²) in [6.07, 6.45) is 5.69. The molecule has 0 aliphatic heterocycles. The van der Waals surface area contributed by atoms with Gasteiger partial charge in [-0.15, -0.1) is 0 Å². The van der Waals surface area contributed by atoms with Gasteiger partial charge in [0, 0.05) is 12.0 Å². The Bertz CT molecular complexity index is 503. The van der Waals surface area contributed by atoms with Crippen LogP contribution in [-0.4, -0.2) is 11.1 Å². The van der Waals surface area contributed by atoms with Gasteiger partial charge in [0.1, 0.15) is 0 Å². The van der Waals surface area contributed by atoms with Gasteiger partial charge < -0.3 is 5.11 Å². The standard InChI is InChI=1S/C18H24O2/c1-18(2,3)15-10-8-13(9-11-15)16-7-5-4-6-14(16)12-17(19)20/h8-12,16H,4-7H2,1-3H3,(H,19,20)/b14-12+. The Labute approximate surface area is 121 Å². The smallest absolute Gasteiger partial charge is 0.328 e. The molecule has 20 heavy (non-hydrogen) atoms. The van der Waals surface area contributed by atoms with Crippen LogP contribution < -0.4 is 0 Å². The number of allylic oxidation sites excluding steroid dienone is 1. The Morgan fingerprint density at radius 2 is 1.85 bits per heavy atom. The number of aliphatic carboxylic acids is 1. The van der Waals surface area contributed by atoms with Crippen LogP contribution in [0.5, 0.6) is 0 Å². The summed E-state index contributed by atoms with van der Waals surface area (Å²) < 4.78 is 0. The summed E-state index contributed by atoms with van der Waals surface area (Å²) in [5, 5.41) is 9.00. The highest BCUT2D eigenvalue weighted by Crippen LogP contribution is 2.37. The van der Waals surface area contributed by atoms with Crippen molar-refractivity contribution in [1.82, 2.24) is 0 Å². The zero-order chi connectivity index (χ0) is 14.8. The molecule has 0 radical (unpaired) electrons. The van der Waals surface area contributed by atoms with Crippen LogP contribution in [0, 0.1) is 0 Å². The van der Waals surface area contributed by atoms with Crippen molar-refractivity contribution in [3.8, 4) is 0 Å². The van der Waals surface area contributed by atoms with Crippen molar-refractivity contribution in [1.29, 1.82) is 0 Å². The number of carboxylic acid groups (broad SMARTS) is 1. The zero-order valence-corrected chi connectivity index (χ0v) is 12.6. The van der Waals surface area contributed by atoms with Gasteiger partial charge in [-0.25, -0.2) is 4.79 Å². The third-order valence-electron chi connectivity index (χ3n) is 4.14. The molecule has 1 aromatic rings. The molecule has 0 heterocycles. The lowest BCUT2D eigenvalue weighted by Crippen LogP contribution is -2.13. The number of hydrogen-bond donors (Lipinski definition) is 1. The molecule has 1 aromatic carbocycles. The van der Waals surface area contributed by atoms with Gasteiger partial charge in [-0.3, -0.25) is 0 Å². The topological polar surface area (TPSA) is 37.3 Å². The van der Waals surface area contributed by atoms with E-state index in [0.29, 0.717) is 0 Å². The summed E-state index contributed by atoms with van der Waals surface area (Å²) in [4.78, 5) is 11.0. The van der Waals surface area contributed by atoms with Crippen molar-refractivity contribution in [3.05, 3.63) is 47.0 Å². The predicted octanol–water partition coefficient (Wildman–Crippen LogP) is 4.65. The Morgan fingerprint density at radius 3 is 2.40 bits per heavy atom. The highest BCUT2D eigenvalue weighted by molar-refractivity contribution is 5.81. The molecule has 2 rings (SSSR count). The van der Waals surface area contributed by atoms with Crippen LogP contribution in [0.1, 0.15) is 63.5 Å². The lowest BCUT2D eigenvalue weighted by Gasteiger charge is -2.26. The monoisotopic (exact) mass is 272 g/mol. The molecular weight excluding hydrogens is 248 g/mol. The third kappa shape index (κ3) is 3.50. The first-order valence-electron chi connectivity index (χ1n) is 7.42. The molecule has 1 fully saturated rings. The van der Waals surface area contributed by atoms with Crippen molar-refractivity contribution in [2.24, 2.45) is 0 Å². The number of carboxylic acids is 1. The largest absolute Gasteiger partial charge is 0.478 e. The summed E-state index contributed by atoms with van der Waals surface area (Å²) in [5.74, 6) is -0.535. The maximum Gasteiger partial charge on any atom is 0.328 e. The second-order valence-electron chi connectivity index (χ2n) is 6.73. The van der Waals surface area contributed by atoms with Crippen molar-refractivity contribution in [3.63, 3.8) is 0 Å². The molecule has 0 amide bonds. The molecule has 1 saturated carbocycles. The van der Waals surface area contributed by atoms with Gasteiger partial charge in [0.2, 0.25) is 0 Å². The fraction of sp³-hybridized carbons (Fsp3) is 0.500. The summed E-state index contributed by atoms with van der Waals surface area (Å²) >= 11 is 0. The molecule has 1 unspecified atom stereocenters. The predicted molar refractivity (Wildman–Crippen MR) is 82.1 cm³/mol. The molecule has 108 valence electrons. The lowest BCUT2D eigenvalue weighted by atomic mass is 9.78. The first kappa shape index (κ1) is 14.8. The normalized spacial score (nSPS) is 21.9. The van der Waals surface area contributed by atoms with Crippen LogP contribution in [0.15, 0.2) is 35.9 Å². The van der Waals surface area contributed by atoms with E-state index in [4.69, 9.17) is 5.11 Å². The number of carbonyl (C=O) groups is 1. The quantitative estimate of drug-likeness (QED) is 0.795. The molecule has 0 saturated heterocycles. The summed E-state index contributed by atoms with van der Waals surface area (Å²) in [6.45, 7) is 6.62. The lowest BCUT2D eigenvalue weighted by molar-refractivity contribution is -0.131. The van der Waals surface area contributed by atoms with Gasteiger partial charge in [-0.1, -0.05) is 57.0 Å². The Hall–Kier alpha value is -1.57. The molecule has 0 bridgehead atoms. The Kier molecular flexibility index (Phi) is 4.32. The van der Waals surface area contributed by atoms with Gasteiger partial charge in [0.15, 0.2) is 0 Å². The summed E-state index contributed by atoms with van der Waals surface area (Å²) in [7, 11) is 0. The van der Waals surface area contributed by atoms with E-state index in [-0.39, 0.29) is 11.3 Å². The minimum absolute atomic E-state index is 0.158. The van der Waals surface area contributed by atoms with Crippen molar-refractivity contribution < 1.29 is 9.90 Å². The third-order valence-corrected chi connectivity index (χ3v) is 4.14. The SMILES string of the molecule is CC(C)(C)c1ccc(C2CCCC/C2=C\C(=O)O)cc1. The van der Waals surface area contributed by atoms with Crippen molar-refractivity contribution in [2.45, 2.75) is 57.8 Å². The second-order valence-corrected chi connectivity index (χ2v) is 6.73. The minimum atomic E-state index is -0.821. The molecule has 0 aromatic heterocycles. The first-order valence-corrected chi connectivity index (χ1v) is 7.42. The molecular formula is C18H24O2. The molecule has 1 aliphatic carbocycles. The fourth-order valence-electron chi connectivity index (χ4n) is 2.96. The van der Waals surface area contributed by atoms with Gasteiger partial charge in [-0.2, -0.15) is 0 Å². The first-order chi connectivity index (χ1) is 9.38. The number of hydrogen-bond acceptors (Lipinski definition) is 1. The van der Waals surface area contributed by atoms with E-state index in [2.05, 4.69) is 45.0 Å². The van der Waals surface area contributed by atoms with E-state index < -0.39 is 5.97 Å². The molecule has 1 N–H and O–H groups in total. The van der Waals surface area contributed by atoms with E-state index in [9.17, 15) is 4.79 Å². The Morgan fingerprint density at radius 1 is 1.20 bits per heavy atom. The van der Waals surface area contributed by atoms with Crippen LogP contribution in [0.2, 0.25) is 0 Å². The van der Waals surface area contributed by atoms with Gasteiger partial charge in [0.05, 0.1) is 0 Å². The maximum absolute atomic E-state index is 11.0. The average molecular weight is 272 g/mol. The van der Waals surface area contributed by atoms with E-state index in [1.165, 1.54) is 23.6 Å². The number of rotatable bonds is 2. The van der Waals surface area contributed by atoms with Crippen molar-refractivity contribution >= 4 is 5.97 Å². The zero-order valence-electron chi connectivity index (χ0n) is 12.6. The van der Waals surface area contributed by atoms with Crippen LogP contribution >= 0.6 is 0 Å². The van der Waals surface area contributed by atoms with E-state index in [0.717, 1.165) is 24.8 Å². The highest BCUT2D eigenvalue weighted by Gasteiger charge is 2.22. The van der Waals surface area contributed by atoms with Crippen LogP contribution in [0.25, 0.3) is 0 Å². The minimum Gasteiger partial charge on any atom is -0.478 e. The molecule has 0 spiro atoms. The maximum atomic E-state index is 11.0. The summed E-state index contributed by atoms with van der Waals surface area (Å²) in [5.41, 5.74) is 3.81. The number of benzene rings is 1. The van der Waals surface area contributed by atoms with Crippen LogP contribution in [0.4, 0.5) is 0 Å². The van der Waals surface area contributed by atoms with Crippen LogP contribution in [-0.2, 0) is 10.2 Å². The van der Waals surface area contributed by atoms with Crippen LogP contribution in [0.3, 0.4) is 0 Å². The average Bonchev–Trinajstić information content (AvgIpc) is 2.38. The van der Waals surface area contributed by atoms with Crippen molar-refractivity contribution in [2.75, 3.05) is 0 Å². The Balaban J connectivity index is 2.27. The van der Waals surface area contributed by atoms with Gasteiger partial charge in [0.25, 0.3) is 0 Å².